The van der Waals surface area contributed by atoms with Gasteiger partial charge in [-0.1, -0.05) is 5.16 Å². The number of piperidine rings is 1. The number of amides is 1. The summed E-state index contributed by atoms with van der Waals surface area (Å²) in [5.74, 6) is 1.65. The van der Waals surface area contributed by atoms with Crippen molar-refractivity contribution in [3.05, 3.63) is 11.7 Å². The minimum atomic E-state index is 0.290. The van der Waals surface area contributed by atoms with Crippen LogP contribution in [0.3, 0.4) is 0 Å². The molecule has 0 spiro atoms. The first-order valence-electron chi connectivity index (χ1n) is 8.65. The molecule has 128 valence electrons. The predicted octanol–water partition coefficient (Wildman–Crippen LogP) is 0.897. The van der Waals surface area contributed by atoms with E-state index in [4.69, 9.17) is 4.52 Å². The second-order valence-electron chi connectivity index (χ2n) is 6.72. The molecule has 0 N–H and O–H groups in total. The molecule has 1 aromatic rings. The quantitative estimate of drug-likeness (QED) is 0.821. The molecule has 1 amide bonds. The van der Waals surface area contributed by atoms with Crippen LogP contribution in [0, 0.1) is 6.92 Å². The van der Waals surface area contributed by atoms with Crippen molar-refractivity contribution in [2.45, 2.75) is 45.7 Å². The van der Waals surface area contributed by atoms with E-state index in [1.165, 1.54) is 6.42 Å². The third-order valence-corrected chi connectivity index (χ3v) is 4.88. The number of carbonyl (C=O) groups excluding carboxylic acids is 1. The lowest BCUT2D eigenvalue weighted by molar-refractivity contribution is -0.136. The Morgan fingerprint density at radius 1 is 1.17 bits per heavy atom. The van der Waals surface area contributed by atoms with Gasteiger partial charge in [0.05, 0.1) is 13.1 Å². The zero-order valence-corrected chi connectivity index (χ0v) is 14.2. The molecule has 0 saturated carbocycles. The summed E-state index contributed by atoms with van der Waals surface area (Å²) in [7, 11) is 0. The third kappa shape index (κ3) is 4.29. The molecule has 7 heteroatoms. The molecule has 23 heavy (non-hydrogen) atoms. The van der Waals surface area contributed by atoms with E-state index in [0.717, 1.165) is 45.6 Å². The highest BCUT2D eigenvalue weighted by Gasteiger charge is 2.26. The highest BCUT2D eigenvalue weighted by Crippen LogP contribution is 2.17. The summed E-state index contributed by atoms with van der Waals surface area (Å²) < 4.78 is 5.17. The first-order valence-corrected chi connectivity index (χ1v) is 8.65. The smallest absolute Gasteiger partial charge is 0.240 e. The Morgan fingerprint density at radius 3 is 2.57 bits per heavy atom. The lowest BCUT2D eigenvalue weighted by Gasteiger charge is -2.37. The molecule has 0 radical (unpaired) electrons. The van der Waals surface area contributed by atoms with Gasteiger partial charge in [0.1, 0.15) is 0 Å². The fraction of sp³-hybridized carbons (Fsp3) is 0.812. The van der Waals surface area contributed by atoms with Crippen LogP contribution in [0.5, 0.6) is 0 Å². The molecule has 0 aromatic carbocycles. The van der Waals surface area contributed by atoms with Crippen molar-refractivity contribution >= 4 is 5.91 Å². The van der Waals surface area contributed by atoms with Crippen LogP contribution in [0.15, 0.2) is 4.52 Å². The molecule has 3 heterocycles. The van der Waals surface area contributed by atoms with Crippen LogP contribution in [-0.4, -0.2) is 76.1 Å². The first-order chi connectivity index (χ1) is 11.1. The van der Waals surface area contributed by atoms with Gasteiger partial charge in [0.15, 0.2) is 5.82 Å². The summed E-state index contributed by atoms with van der Waals surface area (Å²) in [6.07, 6.45) is 3.54. The zero-order chi connectivity index (χ0) is 16.2. The summed E-state index contributed by atoms with van der Waals surface area (Å²) in [6.45, 7) is 9.89. The van der Waals surface area contributed by atoms with E-state index in [1.807, 2.05) is 6.92 Å². The Balaban J connectivity index is 1.42. The molecule has 2 aliphatic heterocycles. The van der Waals surface area contributed by atoms with Gasteiger partial charge in [-0.2, -0.15) is 4.98 Å². The van der Waals surface area contributed by atoms with Crippen molar-refractivity contribution in [3.8, 4) is 0 Å². The van der Waals surface area contributed by atoms with E-state index >= 15 is 0 Å². The van der Waals surface area contributed by atoms with E-state index < -0.39 is 0 Å². The fourth-order valence-corrected chi connectivity index (χ4v) is 3.45. The van der Waals surface area contributed by atoms with E-state index in [2.05, 4.69) is 31.8 Å². The highest BCUT2D eigenvalue weighted by molar-refractivity contribution is 5.78. The van der Waals surface area contributed by atoms with Crippen LogP contribution in [-0.2, 0) is 11.3 Å². The number of nitrogens with zero attached hydrogens (tertiary/aromatic N) is 5. The first kappa shape index (κ1) is 16.4. The van der Waals surface area contributed by atoms with Crippen LogP contribution in [0.4, 0.5) is 0 Å². The van der Waals surface area contributed by atoms with Gasteiger partial charge >= 0.3 is 0 Å². The number of rotatable bonds is 4. The number of likely N-dealkylation sites (tertiary alicyclic amines) is 1. The SMILES string of the molecule is Cc1noc(CN2CCN(CC(=O)N3CCCCC3C)CC2)n1. The predicted molar refractivity (Wildman–Crippen MR) is 85.8 cm³/mol. The molecule has 0 bridgehead atoms. The van der Waals surface area contributed by atoms with Crippen molar-refractivity contribution in [2.24, 2.45) is 0 Å². The Kier molecular flexibility index (Phi) is 5.27. The molecule has 2 fully saturated rings. The summed E-state index contributed by atoms with van der Waals surface area (Å²) in [4.78, 5) is 23.4. The zero-order valence-electron chi connectivity index (χ0n) is 14.2. The molecule has 2 saturated heterocycles. The molecule has 1 atom stereocenters. The number of hydrogen-bond acceptors (Lipinski definition) is 6. The molecule has 1 unspecified atom stereocenters. The van der Waals surface area contributed by atoms with Crippen LogP contribution in [0.2, 0.25) is 0 Å². The molecule has 0 aliphatic carbocycles. The highest BCUT2D eigenvalue weighted by atomic mass is 16.5. The minimum Gasteiger partial charge on any atom is -0.339 e. The standard InChI is InChI=1S/C16H27N5O2/c1-13-5-3-4-6-21(13)16(22)12-20-9-7-19(8-10-20)11-15-17-14(2)18-23-15/h13H,3-12H2,1-2H3. The van der Waals surface area contributed by atoms with Gasteiger partial charge in [-0.05, 0) is 33.1 Å². The maximum absolute atomic E-state index is 12.5. The topological polar surface area (TPSA) is 65.7 Å². The number of piperazine rings is 1. The normalized spacial score (nSPS) is 24.1. The summed E-state index contributed by atoms with van der Waals surface area (Å²) in [5.41, 5.74) is 0. The van der Waals surface area contributed by atoms with Gasteiger partial charge in [0.25, 0.3) is 0 Å². The Bertz CT molecular complexity index is 524. The van der Waals surface area contributed by atoms with Crippen LogP contribution in [0.25, 0.3) is 0 Å². The van der Waals surface area contributed by atoms with Crippen molar-refractivity contribution in [1.82, 2.24) is 24.8 Å². The van der Waals surface area contributed by atoms with E-state index in [9.17, 15) is 4.79 Å². The maximum Gasteiger partial charge on any atom is 0.240 e. The average Bonchev–Trinajstić information content (AvgIpc) is 2.95. The number of hydrogen-bond donors (Lipinski definition) is 0. The Labute approximate surface area is 137 Å². The second-order valence-corrected chi connectivity index (χ2v) is 6.72. The molecule has 2 aliphatic rings. The summed E-state index contributed by atoms with van der Waals surface area (Å²) in [6, 6.07) is 0.401. The molecular formula is C16H27N5O2. The van der Waals surface area contributed by atoms with Gasteiger partial charge in [-0.25, -0.2) is 0 Å². The molecule has 3 rings (SSSR count). The van der Waals surface area contributed by atoms with Gasteiger partial charge in [0, 0.05) is 38.8 Å². The summed E-state index contributed by atoms with van der Waals surface area (Å²) in [5, 5.41) is 3.82. The van der Waals surface area contributed by atoms with Crippen molar-refractivity contribution in [2.75, 3.05) is 39.3 Å². The van der Waals surface area contributed by atoms with Crippen LogP contribution >= 0.6 is 0 Å². The van der Waals surface area contributed by atoms with Crippen molar-refractivity contribution < 1.29 is 9.32 Å². The lowest BCUT2D eigenvalue weighted by atomic mass is 10.0. The molecule has 7 nitrogen and oxygen atoms in total. The van der Waals surface area contributed by atoms with E-state index in [1.54, 1.807) is 0 Å². The van der Waals surface area contributed by atoms with Crippen molar-refractivity contribution in [1.29, 1.82) is 0 Å². The van der Waals surface area contributed by atoms with Gasteiger partial charge in [0.2, 0.25) is 11.8 Å². The minimum absolute atomic E-state index is 0.290. The fourth-order valence-electron chi connectivity index (χ4n) is 3.45. The third-order valence-electron chi connectivity index (χ3n) is 4.88. The van der Waals surface area contributed by atoms with Gasteiger partial charge < -0.3 is 9.42 Å². The molecular weight excluding hydrogens is 294 g/mol. The number of aryl methyl sites for hydroxylation is 1. The largest absolute Gasteiger partial charge is 0.339 e. The summed E-state index contributed by atoms with van der Waals surface area (Å²) >= 11 is 0. The maximum atomic E-state index is 12.5. The number of aromatic nitrogens is 2. The number of carbonyl (C=O) groups is 1. The van der Waals surface area contributed by atoms with Crippen LogP contribution in [0.1, 0.15) is 37.9 Å². The monoisotopic (exact) mass is 321 g/mol. The van der Waals surface area contributed by atoms with Gasteiger partial charge in [-0.15, -0.1) is 0 Å². The van der Waals surface area contributed by atoms with E-state index in [-0.39, 0.29) is 5.91 Å². The average molecular weight is 321 g/mol. The molecule has 1 aromatic heterocycles. The second kappa shape index (κ2) is 7.40. The van der Waals surface area contributed by atoms with Crippen molar-refractivity contribution in [3.63, 3.8) is 0 Å². The lowest BCUT2D eigenvalue weighted by Crippen LogP contribution is -2.51. The van der Waals surface area contributed by atoms with Crippen LogP contribution < -0.4 is 0 Å². The van der Waals surface area contributed by atoms with Gasteiger partial charge in [-0.3, -0.25) is 14.6 Å². The Morgan fingerprint density at radius 2 is 1.91 bits per heavy atom. The Hall–Kier alpha value is -1.47. The van der Waals surface area contributed by atoms with E-state index in [0.29, 0.717) is 30.8 Å².